The van der Waals surface area contributed by atoms with E-state index in [9.17, 15) is 4.79 Å². The van der Waals surface area contributed by atoms with Crippen LogP contribution in [0.5, 0.6) is 0 Å². The molecule has 0 saturated carbocycles. The van der Waals surface area contributed by atoms with Crippen LogP contribution in [0.15, 0.2) is 18.6 Å². The number of amides is 1. The van der Waals surface area contributed by atoms with Crippen LogP contribution in [0.2, 0.25) is 0 Å². The first-order valence-electron chi connectivity index (χ1n) is 4.89. The van der Waals surface area contributed by atoms with Crippen molar-refractivity contribution in [3.63, 3.8) is 0 Å². The molecule has 1 heterocycles. The van der Waals surface area contributed by atoms with E-state index < -0.39 is 6.04 Å². The van der Waals surface area contributed by atoms with Crippen LogP contribution in [0.3, 0.4) is 0 Å². The summed E-state index contributed by atoms with van der Waals surface area (Å²) < 4.78 is 0. The molecule has 1 aromatic rings. The van der Waals surface area contributed by atoms with E-state index >= 15 is 0 Å². The van der Waals surface area contributed by atoms with Crippen LogP contribution in [0, 0.1) is 5.92 Å². The minimum absolute atomic E-state index is 0.135. The van der Waals surface area contributed by atoms with E-state index in [1.54, 1.807) is 12.3 Å². The van der Waals surface area contributed by atoms with Crippen molar-refractivity contribution in [2.24, 2.45) is 11.7 Å². The number of hydrogen-bond donors (Lipinski definition) is 2. The molecule has 0 aliphatic carbocycles. The number of hydrogen-bond acceptors (Lipinski definition) is 4. The molecule has 0 saturated heterocycles. The molecule has 15 heavy (non-hydrogen) atoms. The van der Waals surface area contributed by atoms with Crippen molar-refractivity contribution in [1.29, 1.82) is 0 Å². The van der Waals surface area contributed by atoms with Crippen LogP contribution in [-0.4, -0.2) is 21.9 Å². The van der Waals surface area contributed by atoms with Gasteiger partial charge in [-0.15, -0.1) is 0 Å². The lowest BCUT2D eigenvalue weighted by molar-refractivity contribution is -0.123. The zero-order valence-corrected chi connectivity index (χ0v) is 8.97. The summed E-state index contributed by atoms with van der Waals surface area (Å²) in [5.74, 6) is -0.0148. The largest absolute Gasteiger partial charge is 0.349 e. The highest BCUT2D eigenvalue weighted by atomic mass is 16.2. The SMILES string of the molecule is CC(C)[C@H](N)C(=O)NCc1ccncn1. The number of carbonyl (C=O) groups excluding carboxylic acids is 1. The first-order chi connectivity index (χ1) is 7.11. The molecule has 0 aliphatic heterocycles. The lowest BCUT2D eigenvalue weighted by Crippen LogP contribution is -2.43. The van der Waals surface area contributed by atoms with E-state index in [0.717, 1.165) is 5.69 Å². The Morgan fingerprint density at radius 3 is 2.87 bits per heavy atom. The number of rotatable bonds is 4. The van der Waals surface area contributed by atoms with E-state index in [1.165, 1.54) is 6.33 Å². The lowest BCUT2D eigenvalue weighted by atomic mass is 10.1. The Morgan fingerprint density at radius 2 is 2.33 bits per heavy atom. The molecule has 0 spiro atoms. The maximum atomic E-state index is 11.5. The van der Waals surface area contributed by atoms with E-state index in [1.807, 2.05) is 13.8 Å². The van der Waals surface area contributed by atoms with Crippen LogP contribution in [0.25, 0.3) is 0 Å². The van der Waals surface area contributed by atoms with Crippen molar-refractivity contribution in [1.82, 2.24) is 15.3 Å². The van der Waals surface area contributed by atoms with E-state index in [-0.39, 0.29) is 11.8 Å². The number of nitrogens with one attached hydrogen (secondary N) is 1. The normalized spacial score (nSPS) is 12.5. The Hall–Kier alpha value is -1.49. The van der Waals surface area contributed by atoms with Crippen molar-refractivity contribution in [3.05, 3.63) is 24.3 Å². The van der Waals surface area contributed by atoms with Crippen molar-refractivity contribution in [2.75, 3.05) is 0 Å². The lowest BCUT2D eigenvalue weighted by Gasteiger charge is -2.14. The fraction of sp³-hybridized carbons (Fsp3) is 0.500. The first kappa shape index (κ1) is 11.6. The Bertz CT molecular complexity index is 312. The van der Waals surface area contributed by atoms with Crippen molar-refractivity contribution < 1.29 is 4.79 Å². The summed E-state index contributed by atoms with van der Waals surface area (Å²) in [6.45, 7) is 4.21. The van der Waals surface area contributed by atoms with Crippen LogP contribution < -0.4 is 11.1 Å². The molecule has 0 aromatic carbocycles. The molecule has 1 atom stereocenters. The molecule has 0 unspecified atom stereocenters. The quantitative estimate of drug-likeness (QED) is 0.734. The van der Waals surface area contributed by atoms with Gasteiger partial charge in [0.25, 0.3) is 0 Å². The number of nitrogens with zero attached hydrogens (tertiary/aromatic N) is 2. The second-order valence-electron chi connectivity index (χ2n) is 3.69. The van der Waals surface area contributed by atoms with Crippen molar-refractivity contribution in [3.8, 4) is 0 Å². The van der Waals surface area contributed by atoms with Gasteiger partial charge >= 0.3 is 0 Å². The Kier molecular flexibility index (Phi) is 4.17. The third kappa shape index (κ3) is 3.63. The maximum Gasteiger partial charge on any atom is 0.237 e. The van der Waals surface area contributed by atoms with Gasteiger partial charge in [0.2, 0.25) is 5.91 Å². The van der Waals surface area contributed by atoms with Crippen LogP contribution in [0.1, 0.15) is 19.5 Å². The second kappa shape index (κ2) is 5.41. The molecule has 5 nitrogen and oxygen atoms in total. The molecule has 82 valence electrons. The third-order valence-electron chi connectivity index (χ3n) is 2.11. The van der Waals surface area contributed by atoms with Gasteiger partial charge in [-0.3, -0.25) is 4.79 Å². The predicted molar refractivity (Wildman–Crippen MR) is 56.7 cm³/mol. The summed E-state index contributed by atoms with van der Waals surface area (Å²) in [6.07, 6.45) is 3.08. The van der Waals surface area contributed by atoms with Gasteiger partial charge in [-0.1, -0.05) is 13.8 Å². The molecule has 0 bridgehead atoms. The second-order valence-corrected chi connectivity index (χ2v) is 3.69. The molecule has 0 fully saturated rings. The molecule has 0 aliphatic rings. The number of aromatic nitrogens is 2. The molecule has 0 radical (unpaired) electrons. The molecule has 5 heteroatoms. The molecule has 1 aromatic heterocycles. The average molecular weight is 208 g/mol. The van der Waals surface area contributed by atoms with Crippen molar-refractivity contribution >= 4 is 5.91 Å². The summed E-state index contributed by atoms with van der Waals surface area (Å²) in [5.41, 5.74) is 6.45. The third-order valence-corrected chi connectivity index (χ3v) is 2.11. The van der Waals surface area contributed by atoms with Gasteiger partial charge in [-0.05, 0) is 12.0 Å². The van der Waals surface area contributed by atoms with Gasteiger partial charge in [0.05, 0.1) is 18.3 Å². The summed E-state index contributed by atoms with van der Waals surface area (Å²) >= 11 is 0. The molecular formula is C10H16N4O. The average Bonchev–Trinajstić information content (AvgIpc) is 2.26. The summed E-state index contributed by atoms with van der Waals surface area (Å²) in [5, 5.41) is 2.73. The van der Waals surface area contributed by atoms with Gasteiger partial charge in [0.1, 0.15) is 6.33 Å². The molecule has 1 amide bonds. The highest BCUT2D eigenvalue weighted by molar-refractivity contribution is 5.81. The predicted octanol–water partition coefficient (Wildman–Crippen LogP) is 0.0761. The fourth-order valence-corrected chi connectivity index (χ4v) is 1.02. The molecule has 3 N–H and O–H groups in total. The highest BCUT2D eigenvalue weighted by Gasteiger charge is 2.16. The van der Waals surface area contributed by atoms with Gasteiger partial charge in [0, 0.05) is 6.20 Å². The van der Waals surface area contributed by atoms with E-state index in [2.05, 4.69) is 15.3 Å². The Morgan fingerprint density at radius 1 is 1.60 bits per heavy atom. The number of nitrogens with two attached hydrogens (primary N) is 1. The first-order valence-corrected chi connectivity index (χ1v) is 4.89. The van der Waals surface area contributed by atoms with E-state index in [0.29, 0.717) is 6.54 Å². The van der Waals surface area contributed by atoms with Gasteiger partial charge < -0.3 is 11.1 Å². The molecule has 1 rings (SSSR count). The summed E-state index contributed by atoms with van der Waals surface area (Å²) in [4.78, 5) is 19.3. The minimum atomic E-state index is -0.466. The smallest absolute Gasteiger partial charge is 0.237 e. The topological polar surface area (TPSA) is 80.9 Å². The monoisotopic (exact) mass is 208 g/mol. The van der Waals surface area contributed by atoms with Crippen molar-refractivity contribution in [2.45, 2.75) is 26.4 Å². The zero-order chi connectivity index (χ0) is 11.3. The number of carbonyl (C=O) groups is 1. The van der Waals surface area contributed by atoms with Gasteiger partial charge in [-0.2, -0.15) is 0 Å². The van der Waals surface area contributed by atoms with Crippen LogP contribution in [0.4, 0.5) is 0 Å². The Labute approximate surface area is 89.1 Å². The maximum absolute atomic E-state index is 11.5. The minimum Gasteiger partial charge on any atom is -0.349 e. The van der Waals surface area contributed by atoms with Gasteiger partial charge in [-0.25, -0.2) is 9.97 Å². The fourth-order valence-electron chi connectivity index (χ4n) is 1.02. The molecular weight excluding hydrogens is 192 g/mol. The zero-order valence-electron chi connectivity index (χ0n) is 8.97. The van der Waals surface area contributed by atoms with Crippen LogP contribution >= 0.6 is 0 Å². The van der Waals surface area contributed by atoms with Crippen LogP contribution in [-0.2, 0) is 11.3 Å². The summed E-state index contributed by atoms with van der Waals surface area (Å²) in [6, 6.07) is 1.29. The van der Waals surface area contributed by atoms with E-state index in [4.69, 9.17) is 5.73 Å². The summed E-state index contributed by atoms with van der Waals surface area (Å²) in [7, 11) is 0. The highest BCUT2D eigenvalue weighted by Crippen LogP contribution is 1.98. The standard InChI is InChI=1S/C10H16N4O/c1-7(2)9(11)10(15)13-5-8-3-4-12-6-14-8/h3-4,6-7,9H,5,11H2,1-2H3,(H,13,15)/t9-/m0/s1. The Balaban J connectivity index is 2.41. The van der Waals surface area contributed by atoms with Gasteiger partial charge in [0.15, 0.2) is 0 Å².